The number of aryl methyl sites for hydroxylation is 1. The molecule has 0 spiro atoms. The van der Waals surface area contributed by atoms with Crippen molar-refractivity contribution in [2.24, 2.45) is 0 Å². The van der Waals surface area contributed by atoms with Gasteiger partial charge in [0.15, 0.2) is 9.84 Å². The fraction of sp³-hybridized carbons (Fsp3) is 0.174. The van der Waals surface area contributed by atoms with E-state index in [2.05, 4.69) is 15.3 Å². The van der Waals surface area contributed by atoms with Crippen LogP contribution in [-0.2, 0) is 14.6 Å². The zero-order valence-electron chi connectivity index (χ0n) is 17.8. The van der Waals surface area contributed by atoms with E-state index in [9.17, 15) is 17.6 Å². The Hall–Kier alpha value is -3.37. The van der Waals surface area contributed by atoms with Crippen LogP contribution in [0.2, 0.25) is 0 Å². The molecule has 0 bridgehead atoms. The Morgan fingerprint density at radius 1 is 1.12 bits per heavy atom. The highest BCUT2D eigenvalue weighted by Crippen LogP contribution is 2.35. The van der Waals surface area contributed by atoms with Crippen LogP contribution in [-0.4, -0.2) is 38.0 Å². The fourth-order valence-electron chi connectivity index (χ4n) is 3.55. The van der Waals surface area contributed by atoms with Gasteiger partial charge in [0.25, 0.3) is 0 Å². The number of esters is 1. The molecule has 10 heteroatoms. The number of aromatic nitrogens is 2. The summed E-state index contributed by atoms with van der Waals surface area (Å²) in [6, 6.07) is 13.6. The highest BCUT2D eigenvalue weighted by molar-refractivity contribution is 7.91. The van der Waals surface area contributed by atoms with Gasteiger partial charge in [-0.2, -0.15) is 0 Å². The maximum atomic E-state index is 13.5. The maximum Gasteiger partial charge on any atom is 0.348 e. The van der Waals surface area contributed by atoms with Crippen LogP contribution in [0.5, 0.6) is 0 Å². The summed E-state index contributed by atoms with van der Waals surface area (Å²) in [4.78, 5) is 21.6. The van der Waals surface area contributed by atoms with E-state index >= 15 is 0 Å². The van der Waals surface area contributed by atoms with Gasteiger partial charge in [-0.05, 0) is 42.3 Å². The lowest BCUT2D eigenvalue weighted by molar-refractivity contribution is 0.0605. The molecule has 4 aromatic rings. The summed E-state index contributed by atoms with van der Waals surface area (Å²) in [6.07, 6.45) is 1.35. The molecule has 0 aliphatic rings. The van der Waals surface area contributed by atoms with Gasteiger partial charge >= 0.3 is 5.97 Å². The molecule has 7 nitrogen and oxygen atoms in total. The van der Waals surface area contributed by atoms with Crippen molar-refractivity contribution in [1.29, 1.82) is 0 Å². The molecular formula is C23H20FN3O4S2. The molecule has 1 N–H and O–H groups in total. The van der Waals surface area contributed by atoms with Crippen LogP contribution in [0.4, 0.5) is 10.2 Å². The van der Waals surface area contributed by atoms with Crippen molar-refractivity contribution < 1.29 is 22.3 Å². The Kier molecular flexibility index (Phi) is 6.39. The number of carbonyl (C=O) groups is 1. The Balaban J connectivity index is 1.73. The molecule has 0 radical (unpaired) electrons. The number of sulfone groups is 1. The number of hydrogen-bond donors (Lipinski definition) is 1. The van der Waals surface area contributed by atoms with E-state index < -0.39 is 26.9 Å². The molecule has 1 unspecified atom stereocenters. The summed E-state index contributed by atoms with van der Waals surface area (Å²) in [6.45, 7) is 1.77. The monoisotopic (exact) mass is 485 g/mol. The van der Waals surface area contributed by atoms with Gasteiger partial charge in [-0.3, -0.25) is 0 Å². The molecule has 2 aromatic heterocycles. The molecule has 170 valence electrons. The minimum atomic E-state index is -3.86. The molecule has 0 aliphatic carbocycles. The first kappa shape index (κ1) is 22.8. The summed E-state index contributed by atoms with van der Waals surface area (Å²) < 4.78 is 45.2. The minimum absolute atomic E-state index is 0.00131. The van der Waals surface area contributed by atoms with Gasteiger partial charge in [0.2, 0.25) is 0 Å². The van der Waals surface area contributed by atoms with Crippen LogP contribution in [0.15, 0.2) is 65.8 Å². The van der Waals surface area contributed by atoms with E-state index in [1.54, 1.807) is 37.3 Å². The quantitative estimate of drug-likeness (QED) is 0.303. The largest absolute Gasteiger partial charge is 0.465 e. The second-order valence-corrected chi connectivity index (χ2v) is 10.4. The fourth-order valence-corrected chi connectivity index (χ4v) is 6.27. The number of nitrogens with zero attached hydrogens (tertiary/aromatic N) is 2. The number of benzene rings is 2. The zero-order chi connectivity index (χ0) is 23.6. The summed E-state index contributed by atoms with van der Waals surface area (Å²) in [7, 11) is -2.55. The average Bonchev–Trinajstić information content (AvgIpc) is 3.17. The topological polar surface area (TPSA) is 98.2 Å². The van der Waals surface area contributed by atoms with Gasteiger partial charge in [-0.15, -0.1) is 11.3 Å². The summed E-state index contributed by atoms with van der Waals surface area (Å²) >= 11 is 1.19. The van der Waals surface area contributed by atoms with E-state index in [0.717, 1.165) is 12.1 Å². The lowest BCUT2D eigenvalue weighted by Crippen LogP contribution is -2.22. The molecule has 2 heterocycles. The van der Waals surface area contributed by atoms with Crippen LogP contribution in [0, 0.1) is 12.7 Å². The van der Waals surface area contributed by atoms with Crippen molar-refractivity contribution in [2.75, 3.05) is 19.0 Å². The number of nitrogens with one attached hydrogen (secondary N) is 1. The smallest absolute Gasteiger partial charge is 0.348 e. The highest BCUT2D eigenvalue weighted by Gasteiger charge is 2.30. The van der Waals surface area contributed by atoms with E-state index in [1.165, 1.54) is 36.9 Å². The van der Waals surface area contributed by atoms with E-state index in [1.807, 2.05) is 0 Å². The van der Waals surface area contributed by atoms with Gasteiger partial charge in [0.05, 0.1) is 17.4 Å². The van der Waals surface area contributed by atoms with E-state index in [0.29, 0.717) is 32.0 Å². The molecule has 0 saturated heterocycles. The van der Waals surface area contributed by atoms with Crippen LogP contribution < -0.4 is 5.32 Å². The maximum absolute atomic E-state index is 13.5. The number of ether oxygens (including phenoxy) is 1. The number of thiophene rings is 1. The highest BCUT2D eigenvalue weighted by atomic mass is 32.2. The lowest BCUT2D eigenvalue weighted by atomic mass is 10.1. The molecular weight excluding hydrogens is 465 g/mol. The number of halogens is 1. The predicted molar refractivity (Wildman–Crippen MR) is 125 cm³/mol. The SMILES string of the molecule is COC(=O)c1sc2ncnc(NCC(c3ccccc3)S(=O)(=O)c3ccc(F)cc3)c2c1C. The third kappa shape index (κ3) is 4.44. The van der Waals surface area contributed by atoms with Crippen molar-refractivity contribution in [3.8, 4) is 0 Å². The van der Waals surface area contributed by atoms with Gasteiger partial charge in [-0.25, -0.2) is 27.6 Å². The molecule has 0 fully saturated rings. The number of hydrogen-bond acceptors (Lipinski definition) is 8. The standard InChI is InChI=1S/C23H20FN3O4S2/c1-14-19-21(26-13-27-22(19)32-20(14)23(28)31-2)25-12-18(15-6-4-3-5-7-15)33(29,30)17-10-8-16(24)9-11-17/h3-11,13,18H,12H2,1-2H3,(H,25,26,27). The average molecular weight is 486 g/mol. The van der Waals surface area contributed by atoms with Crippen LogP contribution in [0.3, 0.4) is 0 Å². The van der Waals surface area contributed by atoms with Crippen LogP contribution >= 0.6 is 11.3 Å². The molecule has 0 amide bonds. The number of fused-ring (bicyclic) bond motifs is 1. The molecule has 1 atom stereocenters. The second-order valence-electron chi connectivity index (χ2n) is 7.23. The van der Waals surface area contributed by atoms with Crippen molar-refractivity contribution in [3.05, 3.63) is 82.7 Å². The third-order valence-electron chi connectivity index (χ3n) is 5.24. The van der Waals surface area contributed by atoms with Gasteiger partial charge < -0.3 is 10.1 Å². The summed E-state index contributed by atoms with van der Waals surface area (Å²) in [5.74, 6) is -0.567. The predicted octanol–water partition coefficient (Wildman–Crippen LogP) is 4.55. The van der Waals surface area contributed by atoms with Crippen molar-refractivity contribution in [1.82, 2.24) is 9.97 Å². The third-order valence-corrected chi connectivity index (χ3v) is 8.54. The number of anilines is 1. The van der Waals surface area contributed by atoms with Gasteiger partial charge in [-0.1, -0.05) is 30.3 Å². The molecule has 0 aliphatic heterocycles. The number of methoxy groups -OCH3 is 1. The minimum Gasteiger partial charge on any atom is -0.465 e. The first-order valence-electron chi connectivity index (χ1n) is 9.93. The van der Waals surface area contributed by atoms with Gasteiger partial charge in [0.1, 0.15) is 32.9 Å². The molecule has 4 rings (SSSR count). The van der Waals surface area contributed by atoms with E-state index in [4.69, 9.17) is 4.74 Å². The summed E-state index contributed by atoms with van der Waals surface area (Å²) in [5.41, 5.74) is 1.24. The van der Waals surface area contributed by atoms with Crippen LogP contribution in [0.25, 0.3) is 10.2 Å². The Labute approximate surface area is 194 Å². The summed E-state index contributed by atoms with van der Waals surface area (Å²) in [5, 5.41) is 2.80. The second kappa shape index (κ2) is 9.24. The van der Waals surface area contributed by atoms with Crippen LogP contribution in [0.1, 0.15) is 26.0 Å². The first-order valence-corrected chi connectivity index (χ1v) is 12.3. The number of carbonyl (C=O) groups excluding carboxylic acids is 1. The van der Waals surface area contributed by atoms with Crippen molar-refractivity contribution in [2.45, 2.75) is 17.1 Å². The Morgan fingerprint density at radius 2 is 1.82 bits per heavy atom. The first-order chi connectivity index (χ1) is 15.8. The number of rotatable bonds is 7. The Morgan fingerprint density at radius 3 is 2.48 bits per heavy atom. The molecule has 0 saturated carbocycles. The Bertz CT molecular complexity index is 1410. The van der Waals surface area contributed by atoms with Crippen molar-refractivity contribution in [3.63, 3.8) is 0 Å². The lowest BCUT2D eigenvalue weighted by Gasteiger charge is -2.19. The van der Waals surface area contributed by atoms with E-state index in [-0.39, 0.29) is 11.4 Å². The van der Waals surface area contributed by atoms with Gasteiger partial charge in [0, 0.05) is 6.54 Å². The zero-order valence-corrected chi connectivity index (χ0v) is 19.4. The normalized spacial score (nSPS) is 12.5. The molecule has 2 aromatic carbocycles. The van der Waals surface area contributed by atoms with Crippen molar-refractivity contribution >= 4 is 43.2 Å². The molecule has 33 heavy (non-hydrogen) atoms.